The molecule has 0 aliphatic heterocycles. The van der Waals surface area contributed by atoms with E-state index in [1.54, 1.807) is 0 Å². The molecule has 0 radical (unpaired) electrons. The Bertz CT molecular complexity index is 259. The Hall–Kier alpha value is -0.770. The molecule has 0 amide bonds. The van der Waals surface area contributed by atoms with Gasteiger partial charge in [-0.05, 0) is 32.6 Å². The first-order valence-electron chi connectivity index (χ1n) is 8.03. The first kappa shape index (κ1) is 16.3. The third kappa shape index (κ3) is 5.39. The van der Waals surface area contributed by atoms with Crippen LogP contribution in [-0.2, 0) is 0 Å². The normalized spacial score (nSPS) is 19.3. The van der Waals surface area contributed by atoms with E-state index in [9.17, 15) is 0 Å². The number of nitrogens with two attached hydrogens (primary N) is 1. The van der Waals surface area contributed by atoms with E-state index in [0.29, 0.717) is 12.1 Å². The van der Waals surface area contributed by atoms with Gasteiger partial charge in [0, 0.05) is 12.6 Å². The molecule has 0 spiro atoms. The quantitative estimate of drug-likeness (QED) is 0.337. The second-order valence-electron chi connectivity index (χ2n) is 5.69. The second-order valence-corrected chi connectivity index (χ2v) is 5.69. The van der Waals surface area contributed by atoms with E-state index in [1.807, 2.05) is 0 Å². The van der Waals surface area contributed by atoms with E-state index >= 15 is 0 Å². The van der Waals surface area contributed by atoms with Crippen molar-refractivity contribution in [3.8, 4) is 0 Å². The molecule has 4 nitrogen and oxygen atoms in total. The summed E-state index contributed by atoms with van der Waals surface area (Å²) >= 11 is 0. The van der Waals surface area contributed by atoms with Gasteiger partial charge in [-0.1, -0.05) is 39.5 Å². The minimum absolute atomic E-state index is 0.466. The summed E-state index contributed by atoms with van der Waals surface area (Å²) < 4.78 is 0. The van der Waals surface area contributed by atoms with Crippen LogP contribution in [0.5, 0.6) is 0 Å². The number of hydrogen-bond donors (Lipinski definition) is 2. The molecule has 0 heterocycles. The summed E-state index contributed by atoms with van der Waals surface area (Å²) in [4.78, 5) is 7.23. The highest BCUT2D eigenvalue weighted by molar-refractivity contribution is 5.79. The van der Waals surface area contributed by atoms with Crippen molar-refractivity contribution in [1.82, 2.24) is 10.3 Å². The van der Waals surface area contributed by atoms with Crippen LogP contribution >= 0.6 is 0 Å². The topological polar surface area (TPSA) is 53.6 Å². The number of unbranched alkanes of at least 4 members (excludes halogenated alkanes) is 1. The van der Waals surface area contributed by atoms with Gasteiger partial charge < -0.3 is 4.90 Å². The summed E-state index contributed by atoms with van der Waals surface area (Å²) in [5.41, 5.74) is 2.85. The zero-order valence-electron chi connectivity index (χ0n) is 13.0. The largest absolute Gasteiger partial charge is 0.339 e. The lowest BCUT2D eigenvalue weighted by Crippen LogP contribution is -2.49. The Morgan fingerprint density at radius 3 is 2.53 bits per heavy atom. The highest BCUT2D eigenvalue weighted by atomic mass is 15.4. The standard InChI is InChI=1S/C15H32N4/c1-4-6-12-19(13(3)5-2)15(18-16)17-14-10-8-7-9-11-14/h13-14H,4-12,16H2,1-3H3,(H,17,18). The van der Waals surface area contributed by atoms with Crippen molar-refractivity contribution >= 4 is 5.96 Å². The summed E-state index contributed by atoms with van der Waals surface area (Å²) in [6.45, 7) is 7.74. The van der Waals surface area contributed by atoms with Crippen LogP contribution in [0.25, 0.3) is 0 Å². The van der Waals surface area contributed by atoms with Crippen molar-refractivity contribution in [2.75, 3.05) is 6.54 Å². The van der Waals surface area contributed by atoms with E-state index in [1.165, 1.54) is 44.9 Å². The third-order valence-electron chi connectivity index (χ3n) is 4.16. The van der Waals surface area contributed by atoms with Gasteiger partial charge >= 0.3 is 0 Å². The zero-order chi connectivity index (χ0) is 14.1. The van der Waals surface area contributed by atoms with Gasteiger partial charge in [-0.3, -0.25) is 5.43 Å². The van der Waals surface area contributed by atoms with Crippen molar-refractivity contribution in [3.63, 3.8) is 0 Å². The Balaban J connectivity index is 2.71. The van der Waals surface area contributed by atoms with Gasteiger partial charge in [0.15, 0.2) is 0 Å². The fraction of sp³-hybridized carbons (Fsp3) is 0.933. The molecular formula is C15H32N4. The van der Waals surface area contributed by atoms with E-state index < -0.39 is 0 Å². The van der Waals surface area contributed by atoms with E-state index in [0.717, 1.165) is 18.9 Å². The van der Waals surface area contributed by atoms with Crippen LogP contribution in [0.4, 0.5) is 0 Å². The molecule has 1 rings (SSSR count). The van der Waals surface area contributed by atoms with E-state index in [-0.39, 0.29) is 0 Å². The monoisotopic (exact) mass is 268 g/mol. The summed E-state index contributed by atoms with van der Waals surface area (Å²) in [7, 11) is 0. The first-order valence-corrected chi connectivity index (χ1v) is 8.03. The Morgan fingerprint density at radius 1 is 1.32 bits per heavy atom. The number of nitrogens with one attached hydrogen (secondary N) is 1. The summed E-state index contributed by atoms with van der Waals surface area (Å²) in [6, 6.07) is 0.956. The minimum Gasteiger partial charge on any atom is -0.339 e. The number of guanidine groups is 1. The highest BCUT2D eigenvalue weighted by Gasteiger charge is 2.19. The molecule has 0 bridgehead atoms. The van der Waals surface area contributed by atoms with Gasteiger partial charge in [0.05, 0.1) is 6.04 Å². The molecule has 4 heteroatoms. The molecular weight excluding hydrogens is 236 g/mol. The molecule has 1 saturated carbocycles. The van der Waals surface area contributed by atoms with Gasteiger partial charge in [0.2, 0.25) is 5.96 Å². The van der Waals surface area contributed by atoms with Crippen molar-refractivity contribution in [2.45, 2.75) is 84.2 Å². The maximum atomic E-state index is 5.73. The van der Waals surface area contributed by atoms with Gasteiger partial charge in [-0.25, -0.2) is 10.8 Å². The molecule has 112 valence electrons. The van der Waals surface area contributed by atoms with Gasteiger partial charge in [0.25, 0.3) is 0 Å². The number of nitrogens with zero attached hydrogens (tertiary/aromatic N) is 2. The summed E-state index contributed by atoms with van der Waals surface area (Å²) in [6.07, 6.45) is 9.93. The molecule has 0 aromatic rings. The average Bonchev–Trinajstić information content (AvgIpc) is 2.46. The molecule has 1 atom stereocenters. The maximum absolute atomic E-state index is 5.73. The maximum Gasteiger partial charge on any atom is 0.208 e. The molecule has 3 N–H and O–H groups in total. The molecule has 1 aliphatic rings. The lowest BCUT2D eigenvalue weighted by molar-refractivity contribution is 0.302. The predicted octanol–water partition coefficient (Wildman–Crippen LogP) is 3.04. The Morgan fingerprint density at radius 2 is 2.00 bits per heavy atom. The van der Waals surface area contributed by atoms with Gasteiger partial charge in [-0.2, -0.15) is 0 Å². The van der Waals surface area contributed by atoms with Crippen LogP contribution in [0, 0.1) is 0 Å². The van der Waals surface area contributed by atoms with Crippen LogP contribution < -0.4 is 11.3 Å². The fourth-order valence-electron chi connectivity index (χ4n) is 2.66. The van der Waals surface area contributed by atoms with Crippen molar-refractivity contribution in [2.24, 2.45) is 10.8 Å². The number of hydrogen-bond acceptors (Lipinski definition) is 2. The Labute approximate surface area is 118 Å². The Kier molecular flexibility index (Phi) is 7.87. The van der Waals surface area contributed by atoms with Crippen LogP contribution in [0.2, 0.25) is 0 Å². The first-order chi connectivity index (χ1) is 9.22. The zero-order valence-corrected chi connectivity index (χ0v) is 13.0. The van der Waals surface area contributed by atoms with Crippen molar-refractivity contribution in [1.29, 1.82) is 0 Å². The lowest BCUT2D eigenvalue weighted by atomic mass is 9.96. The predicted molar refractivity (Wildman–Crippen MR) is 83.0 cm³/mol. The molecule has 1 unspecified atom stereocenters. The van der Waals surface area contributed by atoms with Crippen LogP contribution in [0.3, 0.4) is 0 Å². The van der Waals surface area contributed by atoms with E-state index in [4.69, 9.17) is 10.8 Å². The third-order valence-corrected chi connectivity index (χ3v) is 4.16. The highest BCUT2D eigenvalue weighted by Crippen LogP contribution is 2.21. The molecule has 0 aromatic carbocycles. The summed E-state index contributed by atoms with van der Waals surface area (Å²) in [5.74, 6) is 6.63. The smallest absolute Gasteiger partial charge is 0.208 e. The fourth-order valence-corrected chi connectivity index (χ4v) is 2.66. The number of rotatable bonds is 6. The van der Waals surface area contributed by atoms with Crippen molar-refractivity contribution in [3.05, 3.63) is 0 Å². The molecule has 19 heavy (non-hydrogen) atoms. The van der Waals surface area contributed by atoms with Crippen molar-refractivity contribution < 1.29 is 0 Å². The SMILES string of the molecule is CCCCN(C(=NC1CCCCC1)NN)C(C)CC. The molecule has 1 fully saturated rings. The average molecular weight is 268 g/mol. The van der Waals surface area contributed by atoms with E-state index in [2.05, 4.69) is 31.1 Å². The van der Waals surface area contributed by atoms with Crippen LogP contribution in [0.1, 0.15) is 72.1 Å². The molecule has 1 aliphatic carbocycles. The lowest BCUT2D eigenvalue weighted by Gasteiger charge is -2.32. The van der Waals surface area contributed by atoms with Gasteiger partial charge in [-0.15, -0.1) is 0 Å². The number of hydrazine groups is 1. The van der Waals surface area contributed by atoms with Gasteiger partial charge in [0.1, 0.15) is 0 Å². The number of aliphatic imine (C=N–C) groups is 1. The summed E-state index contributed by atoms with van der Waals surface area (Å²) in [5, 5.41) is 0. The molecule has 0 aromatic heterocycles. The van der Waals surface area contributed by atoms with Crippen LogP contribution in [-0.4, -0.2) is 29.5 Å². The van der Waals surface area contributed by atoms with Crippen LogP contribution in [0.15, 0.2) is 4.99 Å². The second kappa shape index (κ2) is 9.18. The molecule has 0 saturated heterocycles. The minimum atomic E-state index is 0.466.